The summed E-state index contributed by atoms with van der Waals surface area (Å²) in [7, 11) is 0. The largest absolute Gasteiger partial charge is 0.508 e. The summed E-state index contributed by atoms with van der Waals surface area (Å²) in [5, 5.41) is 18.7. The number of phenols is 1. The summed E-state index contributed by atoms with van der Waals surface area (Å²) in [5.41, 5.74) is 1.07. The first kappa shape index (κ1) is 12.9. The number of nitrogens with zero attached hydrogens (tertiary/aromatic N) is 1. The van der Waals surface area contributed by atoms with E-state index in [-0.39, 0.29) is 24.4 Å². The van der Waals surface area contributed by atoms with Gasteiger partial charge in [-0.1, -0.05) is 6.07 Å². The normalized spacial score (nSPS) is 19.9. The SMILES string of the molecule is Cc1c(O)cccc1C(=O)N1CCOC(CO)C1. The monoisotopic (exact) mass is 251 g/mol. The molecule has 0 spiro atoms. The quantitative estimate of drug-likeness (QED) is 0.804. The lowest BCUT2D eigenvalue weighted by Crippen LogP contribution is -2.47. The molecule has 0 aliphatic carbocycles. The number of hydrogen-bond acceptors (Lipinski definition) is 4. The number of aromatic hydroxyl groups is 1. The van der Waals surface area contributed by atoms with Crippen LogP contribution in [0, 0.1) is 6.92 Å². The van der Waals surface area contributed by atoms with Crippen LogP contribution in [0.15, 0.2) is 18.2 Å². The second-order valence-corrected chi connectivity index (χ2v) is 4.38. The summed E-state index contributed by atoms with van der Waals surface area (Å²) >= 11 is 0. The number of phenolic OH excluding ortho intramolecular Hbond substituents is 1. The van der Waals surface area contributed by atoms with Gasteiger partial charge < -0.3 is 19.8 Å². The molecule has 1 unspecified atom stereocenters. The van der Waals surface area contributed by atoms with E-state index in [2.05, 4.69) is 0 Å². The van der Waals surface area contributed by atoms with E-state index in [1.807, 2.05) is 0 Å². The number of amides is 1. The molecule has 98 valence electrons. The van der Waals surface area contributed by atoms with Crippen LogP contribution in [0.2, 0.25) is 0 Å². The number of hydrogen-bond donors (Lipinski definition) is 2. The Balaban J connectivity index is 2.18. The Morgan fingerprint density at radius 3 is 3.06 bits per heavy atom. The van der Waals surface area contributed by atoms with E-state index in [0.717, 1.165) is 0 Å². The Morgan fingerprint density at radius 1 is 1.56 bits per heavy atom. The van der Waals surface area contributed by atoms with Gasteiger partial charge in [-0.15, -0.1) is 0 Å². The van der Waals surface area contributed by atoms with Crippen molar-refractivity contribution >= 4 is 5.91 Å². The van der Waals surface area contributed by atoms with Crippen LogP contribution >= 0.6 is 0 Å². The van der Waals surface area contributed by atoms with Crippen molar-refractivity contribution in [3.63, 3.8) is 0 Å². The van der Waals surface area contributed by atoms with Crippen LogP contribution in [0.4, 0.5) is 0 Å². The highest BCUT2D eigenvalue weighted by Crippen LogP contribution is 2.21. The number of carbonyl (C=O) groups is 1. The Bertz CT molecular complexity index is 447. The number of aliphatic hydroxyl groups is 1. The summed E-state index contributed by atoms with van der Waals surface area (Å²) in [4.78, 5) is 14.0. The van der Waals surface area contributed by atoms with Gasteiger partial charge >= 0.3 is 0 Å². The zero-order chi connectivity index (χ0) is 13.1. The maximum atomic E-state index is 12.3. The summed E-state index contributed by atoms with van der Waals surface area (Å²) in [6, 6.07) is 4.91. The molecule has 0 bridgehead atoms. The summed E-state index contributed by atoms with van der Waals surface area (Å²) in [6.45, 7) is 2.93. The van der Waals surface area contributed by atoms with E-state index in [1.54, 1.807) is 30.0 Å². The van der Waals surface area contributed by atoms with E-state index in [9.17, 15) is 9.90 Å². The third-order valence-electron chi connectivity index (χ3n) is 3.17. The van der Waals surface area contributed by atoms with E-state index in [0.29, 0.717) is 30.8 Å². The van der Waals surface area contributed by atoms with Crippen LogP contribution in [0.5, 0.6) is 5.75 Å². The first-order chi connectivity index (χ1) is 8.63. The van der Waals surface area contributed by atoms with Gasteiger partial charge in [-0.2, -0.15) is 0 Å². The van der Waals surface area contributed by atoms with Crippen molar-refractivity contribution in [2.75, 3.05) is 26.3 Å². The van der Waals surface area contributed by atoms with Gasteiger partial charge in [0.1, 0.15) is 5.75 Å². The second kappa shape index (κ2) is 5.37. The molecule has 1 aliphatic rings. The molecule has 0 aromatic heterocycles. The molecule has 1 atom stereocenters. The van der Waals surface area contributed by atoms with Crippen molar-refractivity contribution in [2.24, 2.45) is 0 Å². The Morgan fingerprint density at radius 2 is 2.33 bits per heavy atom. The van der Waals surface area contributed by atoms with Crippen molar-refractivity contribution in [1.82, 2.24) is 4.90 Å². The number of aliphatic hydroxyl groups excluding tert-OH is 1. The highest BCUT2D eigenvalue weighted by atomic mass is 16.5. The zero-order valence-electron chi connectivity index (χ0n) is 10.3. The van der Waals surface area contributed by atoms with Crippen molar-refractivity contribution in [3.8, 4) is 5.75 Å². The molecule has 1 aromatic carbocycles. The lowest BCUT2D eigenvalue weighted by Gasteiger charge is -2.32. The van der Waals surface area contributed by atoms with Gasteiger partial charge in [0.25, 0.3) is 5.91 Å². The summed E-state index contributed by atoms with van der Waals surface area (Å²) in [6.07, 6.45) is -0.319. The molecule has 1 heterocycles. The van der Waals surface area contributed by atoms with Gasteiger partial charge in [-0.05, 0) is 19.1 Å². The number of benzene rings is 1. The fourth-order valence-electron chi connectivity index (χ4n) is 2.04. The molecular formula is C13H17NO4. The van der Waals surface area contributed by atoms with Crippen LogP contribution in [-0.4, -0.2) is 53.4 Å². The van der Waals surface area contributed by atoms with Crippen molar-refractivity contribution in [1.29, 1.82) is 0 Å². The molecule has 1 aromatic rings. The maximum Gasteiger partial charge on any atom is 0.254 e. The highest BCUT2D eigenvalue weighted by molar-refractivity contribution is 5.96. The Kier molecular flexibility index (Phi) is 3.84. The molecule has 18 heavy (non-hydrogen) atoms. The molecule has 0 saturated carbocycles. The molecule has 5 nitrogen and oxygen atoms in total. The topological polar surface area (TPSA) is 70.0 Å². The lowest BCUT2D eigenvalue weighted by molar-refractivity contribution is -0.0447. The van der Waals surface area contributed by atoms with Gasteiger partial charge in [0, 0.05) is 24.2 Å². The minimum atomic E-state index is -0.319. The van der Waals surface area contributed by atoms with Gasteiger partial charge in [0.15, 0.2) is 0 Å². The first-order valence-corrected chi connectivity index (χ1v) is 5.93. The van der Waals surface area contributed by atoms with Crippen molar-refractivity contribution < 1.29 is 19.7 Å². The Hall–Kier alpha value is -1.59. The average molecular weight is 251 g/mol. The third kappa shape index (κ3) is 2.47. The summed E-state index contributed by atoms with van der Waals surface area (Å²) < 4.78 is 5.30. The predicted molar refractivity (Wildman–Crippen MR) is 65.6 cm³/mol. The van der Waals surface area contributed by atoms with Crippen LogP contribution in [0.25, 0.3) is 0 Å². The lowest BCUT2D eigenvalue weighted by atomic mass is 10.1. The smallest absolute Gasteiger partial charge is 0.254 e. The highest BCUT2D eigenvalue weighted by Gasteiger charge is 2.25. The molecule has 1 fully saturated rings. The fraction of sp³-hybridized carbons (Fsp3) is 0.462. The molecule has 5 heteroatoms. The number of ether oxygens (including phenoxy) is 1. The molecule has 0 radical (unpaired) electrons. The number of carbonyl (C=O) groups excluding carboxylic acids is 1. The Labute approximate surface area is 106 Å². The standard InChI is InChI=1S/C13H17NO4/c1-9-11(3-2-4-12(9)16)13(17)14-5-6-18-10(7-14)8-15/h2-4,10,15-16H,5-8H2,1H3. The molecule has 1 aliphatic heterocycles. The third-order valence-corrected chi connectivity index (χ3v) is 3.17. The summed E-state index contributed by atoms with van der Waals surface area (Å²) in [5.74, 6) is -0.0158. The molecule has 2 N–H and O–H groups in total. The average Bonchev–Trinajstić information content (AvgIpc) is 2.41. The van der Waals surface area contributed by atoms with Gasteiger partial charge in [-0.3, -0.25) is 4.79 Å². The fourth-order valence-corrected chi connectivity index (χ4v) is 2.04. The van der Waals surface area contributed by atoms with Crippen LogP contribution < -0.4 is 0 Å². The molecular weight excluding hydrogens is 234 g/mol. The predicted octanol–water partition coefficient (Wildman–Crippen LogP) is 0.534. The maximum absolute atomic E-state index is 12.3. The minimum absolute atomic E-state index is 0.0944. The van der Waals surface area contributed by atoms with Crippen molar-refractivity contribution in [3.05, 3.63) is 29.3 Å². The van der Waals surface area contributed by atoms with E-state index in [4.69, 9.17) is 9.84 Å². The van der Waals surface area contributed by atoms with Gasteiger partial charge in [0.2, 0.25) is 0 Å². The van der Waals surface area contributed by atoms with Gasteiger partial charge in [-0.25, -0.2) is 0 Å². The van der Waals surface area contributed by atoms with Crippen LogP contribution in [0.3, 0.4) is 0 Å². The van der Waals surface area contributed by atoms with E-state index < -0.39 is 0 Å². The van der Waals surface area contributed by atoms with Crippen LogP contribution in [-0.2, 0) is 4.74 Å². The van der Waals surface area contributed by atoms with Gasteiger partial charge in [0.05, 0.1) is 19.3 Å². The zero-order valence-corrected chi connectivity index (χ0v) is 10.3. The van der Waals surface area contributed by atoms with E-state index >= 15 is 0 Å². The number of morpholine rings is 1. The van der Waals surface area contributed by atoms with Crippen LogP contribution in [0.1, 0.15) is 15.9 Å². The molecule has 1 saturated heterocycles. The van der Waals surface area contributed by atoms with Crippen molar-refractivity contribution in [2.45, 2.75) is 13.0 Å². The second-order valence-electron chi connectivity index (χ2n) is 4.38. The molecule has 2 rings (SSSR count). The van der Waals surface area contributed by atoms with E-state index in [1.165, 1.54) is 0 Å². The minimum Gasteiger partial charge on any atom is -0.508 e. The molecule has 1 amide bonds. The first-order valence-electron chi connectivity index (χ1n) is 5.93. The number of rotatable bonds is 2.